The number of esters is 1. The molecule has 1 unspecified atom stereocenters. The Hall–Kier alpha value is -3.11. The molecule has 32 heavy (non-hydrogen) atoms. The van der Waals surface area contributed by atoms with Gasteiger partial charge in [0.25, 0.3) is 0 Å². The van der Waals surface area contributed by atoms with E-state index in [9.17, 15) is 30.3 Å². The maximum Gasteiger partial charge on any atom is 0.330 e. The van der Waals surface area contributed by atoms with Crippen molar-refractivity contribution in [1.82, 2.24) is 0 Å². The van der Waals surface area contributed by atoms with E-state index >= 15 is 0 Å². The van der Waals surface area contributed by atoms with Gasteiger partial charge in [0.1, 0.15) is 48.3 Å². The second-order valence-corrected chi connectivity index (χ2v) is 7.52. The van der Waals surface area contributed by atoms with Crippen LogP contribution in [0.4, 0.5) is 0 Å². The fourth-order valence-electron chi connectivity index (χ4n) is 3.15. The highest BCUT2D eigenvalue weighted by Crippen LogP contribution is 2.31. The number of ether oxygens (including phenoxy) is 3. The molecule has 0 saturated carbocycles. The first-order chi connectivity index (χ1) is 15.2. The van der Waals surface area contributed by atoms with Crippen molar-refractivity contribution in [3.05, 3.63) is 59.2 Å². The van der Waals surface area contributed by atoms with Crippen molar-refractivity contribution in [2.75, 3.05) is 6.61 Å². The van der Waals surface area contributed by atoms with Crippen molar-refractivity contribution in [1.29, 1.82) is 0 Å². The predicted molar refractivity (Wildman–Crippen MR) is 113 cm³/mol. The highest BCUT2D eigenvalue weighted by Gasteiger charge is 2.45. The number of rotatable bonds is 6. The maximum atomic E-state index is 12.0. The number of carbonyl (C=O) groups is 1. The van der Waals surface area contributed by atoms with Gasteiger partial charge in [0.2, 0.25) is 6.29 Å². The highest BCUT2D eigenvalue weighted by atomic mass is 16.7. The number of benzene rings is 2. The molecule has 9 heteroatoms. The van der Waals surface area contributed by atoms with Crippen LogP contribution in [0.3, 0.4) is 0 Å². The van der Waals surface area contributed by atoms with Gasteiger partial charge in [0.15, 0.2) is 0 Å². The van der Waals surface area contributed by atoms with Gasteiger partial charge in [0.05, 0.1) is 0 Å². The molecule has 1 fully saturated rings. The molecule has 0 spiro atoms. The van der Waals surface area contributed by atoms with E-state index in [0.717, 1.165) is 0 Å². The van der Waals surface area contributed by atoms with Crippen LogP contribution in [-0.4, -0.2) is 68.8 Å². The molecule has 5 N–H and O–H groups in total. The normalized spacial score (nSPS) is 25.6. The largest absolute Gasteiger partial charge is 0.508 e. The molecule has 0 bridgehead atoms. The average Bonchev–Trinajstić information content (AvgIpc) is 2.78. The van der Waals surface area contributed by atoms with Crippen LogP contribution >= 0.6 is 0 Å². The van der Waals surface area contributed by atoms with E-state index in [1.807, 2.05) is 0 Å². The first-order valence-corrected chi connectivity index (χ1v) is 9.96. The molecule has 1 heterocycles. The second-order valence-electron chi connectivity index (χ2n) is 7.52. The number of aliphatic hydroxyl groups excluding tert-OH is 3. The van der Waals surface area contributed by atoms with Crippen LogP contribution in [0, 0.1) is 13.8 Å². The summed E-state index contributed by atoms with van der Waals surface area (Å²) in [7, 11) is 0. The lowest BCUT2D eigenvalue weighted by Gasteiger charge is -2.40. The number of carbonyl (C=O) groups excluding carboxylic acids is 1. The zero-order valence-corrected chi connectivity index (χ0v) is 17.6. The summed E-state index contributed by atoms with van der Waals surface area (Å²) in [5.41, 5.74) is 1.86. The Kier molecular flexibility index (Phi) is 7.37. The van der Waals surface area contributed by atoms with E-state index in [4.69, 9.17) is 14.2 Å². The van der Waals surface area contributed by atoms with Crippen molar-refractivity contribution < 1.29 is 44.5 Å². The molecule has 0 amide bonds. The summed E-state index contributed by atoms with van der Waals surface area (Å²) in [4.78, 5) is 12.0. The van der Waals surface area contributed by atoms with E-state index in [0.29, 0.717) is 22.4 Å². The van der Waals surface area contributed by atoms with Gasteiger partial charge in [-0.1, -0.05) is 12.1 Å². The monoisotopic (exact) mass is 446 g/mol. The summed E-state index contributed by atoms with van der Waals surface area (Å²) in [5, 5.41) is 49.7. The zero-order valence-electron chi connectivity index (χ0n) is 17.6. The topological polar surface area (TPSA) is 146 Å². The molecule has 172 valence electrons. The van der Waals surface area contributed by atoms with Crippen LogP contribution in [0.1, 0.15) is 16.7 Å². The Morgan fingerprint density at radius 1 is 0.969 bits per heavy atom. The minimum Gasteiger partial charge on any atom is -0.508 e. The maximum absolute atomic E-state index is 12.0. The van der Waals surface area contributed by atoms with Gasteiger partial charge in [-0.05, 0) is 60.9 Å². The highest BCUT2D eigenvalue weighted by molar-refractivity contribution is 5.87. The molecule has 0 radical (unpaired) electrons. The van der Waals surface area contributed by atoms with Gasteiger partial charge >= 0.3 is 5.97 Å². The summed E-state index contributed by atoms with van der Waals surface area (Å²) in [5.74, 6) is -0.207. The van der Waals surface area contributed by atoms with Crippen LogP contribution in [0.25, 0.3) is 6.08 Å². The Morgan fingerprint density at radius 3 is 2.34 bits per heavy atom. The number of hydrogen-bond donors (Lipinski definition) is 5. The quantitative estimate of drug-likeness (QED) is 0.326. The van der Waals surface area contributed by atoms with Crippen molar-refractivity contribution in [3.63, 3.8) is 0 Å². The van der Waals surface area contributed by atoms with Crippen molar-refractivity contribution in [2.24, 2.45) is 0 Å². The third-order valence-electron chi connectivity index (χ3n) is 5.32. The number of aliphatic hydroxyl groups is 3. The van der Waals surface area contributed by atoms with E-state index in [-0.39, 0.29) is 11.5 Å². The number of phenols is 2. The van der Waals surface area contributed by atoms with Crippen molar-refractivity contribution >= 4 is 12.0 Å². The number of phenolic OH excluding ortho intramolecular Hbond substituents is 2. The summed E-state index contributed by atoms with van der Waals surface area (Å²) in [6, 6.07) is 9.09. The SMILES string of the molecule is Cc1c(O)ccc(OC2O[C@H](COC(=O)/C=C/c3ccc(O)cc3)[C@@H](O)[C@H](O)[C@H]2O)c1C. The molecule has 9 nitrogen and oxygen atoms in total. The van der Waals surface area contributed by atoms with Crippen molar-refractivity contribution in [2.45, 2.75) is 44.6 Å². The Bertz CT molecular complexity index is 970. The number of hydrogen-bond acceptors (Lipinski definition) is 9. The fourth-order valence-corrected chi connectivity index (χ4v) is 3.15. The minimum absolute atomic E-state index is 0.0839. The fraction of sp³-hybridized carbons (Fsp3) is 0.348. The average molecular weight is 446 g/mol. The Balaban J connectivity index is 1.63. The summed E-state index contributed by atoms with van der Waals surface area (Å²) >= 11 is 0. The lowest BCUT2D eigenvalue weighted by molar-refractivity contribution is -0.278. The first kappa shape index (κ1) is 23.6. The second kappa shape index (κ2) is 10.0. The van der Waals surface area contributed by atoms with Gasteiger partial charge in [-0.25, -0.2) is 4.79 Å². The summed E-state index contributed by atoms with van der Waals surface area (Å²) in [6.07, 6.45) is -4.50. The van der Waals surface area contributed by atoms with Gasteiger partial charge in [0, 0.05) is 6.08 Å². The lowest BCUT2D eigenvalue weighted by atomic mass is 9.99. The molecular weight excluding hydrogens is 420 g/mol. The van der Waals surface area contributed by atoms with Crippen LogP contribution in [0.2, 0.25) is 0 Å². The standard InChI is InChI=1S/C23H26O9/c1-12-13(2)17(9-8-16(12)25)31-23-22(29)21(28)20(27)18(32-23)11-30-19(26)10-5-14-3-6-15(24)7-4-14/h3-10,18,20-25,27-29H,11H2,1-2H3/b10-5+/t18-,20-,21+,22-,23?/m1/s1. The summed E-state index contributed by atoms with van der Waals surface area (Å²) < 4.78 is 16.3. The molecule has 3 rings (SSSR count). The van der Waals surface area contributed by atoms with Gasteiger partial charge in [-0.2, -0.15) is 0 Å². The molecule has 2 aromatic carbocycles. The molecular formula is C23H26O9. The Morgan fingerprint density at radius 2 is 1.66 bits per heavy atom. The van der Waals surface area contributed by atoms with Crippen LogP contribution in [0.5, 0.6) is 17.2 Å². The van der Waals surface area contributed by atoms with Gasteiger partial charge in [-0.3, -0.25) is 0 Å². The van der Waals surface area contributed by atoms with Gasteiger partial charge in [-0.15, -0.1) is 0 Å². The molecule has 5 atom stereocenters. The van der Waals surface area contributed by atoms with E-state index in [1.165, 1.54) is 36.4 Å². The van der Waals surface area contributed by atoms with E-state index < -0.39 is 43.3 Å². The van der Waals surface area contributed by atoms with Crippen LogP contribution in [0.15, 0.2) is 42.5 Å². The lowest BCUT2D eigenvalue weighted by Crippen LogP contribution is -2.60. The third-order valence-corrected chi connectivity index (χ3v) is 5.32. The minimum atomic E-state index is -1.59. The van der Waals surface area contributed by atoms with Crippen LogP contribution in [-0.2, 0) is 14.3 Å². The Labute approximate surface area is 184 Å². The molecule has 2 aromatic rings. The van der Waals surface area contributed by atoms with E-state index in [1.54, 1.807) is 26.0 Å². The number of aromatic hydroxyl groups is 2. The molecule has 1 saturated heterocycles. The summed E-state index contributed by atoms with van der Waals surface area (Å²) in [6.45, 7) is 3.02. The smallest absolute Gasteiger partial charge is 0.330 e. The zero-order chi connectivity index (χ0) is 23.4. The molecule has 0 aromatic heterocycles. The first-order valence-electron chi connectivity index (χ1n) is 9.96. The van der Waals surface area contributed by atoms with Crippen LogP contribution < -0.4 is 4.74 Å². The van der Waals surface area contributed by atoms with E-state index in [2.05, 4.69) is 0 Å². The molecule has 1 aliphatic heterocycles. The predicted octanol–water partition coefficient (Wildman–Crippen LogP) is 1.16. The third kappa shape index (κ3) is 5.38. The molecule has 1 aliphatic rings. The van der Waals surface area contributed by atoms with Gasteiger partial charge < -0.3 is 39.7 Å². The molecule has 0 aliphatic carbocycles. The van der Waals surface area contributed by atoms with Crippen molar-refractivity contribution in [3.8, 4) is 17.2 Å².